The van der Waals surface area contributed by atoms with Crippen LogP contribution in [0.2, 0.25) is 0 Å². The van der Waals surface area contributed by atoms with Crippen molar-refractivity contribution < 1.29 is 5.11 Å². The third-order valence-corrected chi connectivity index (χ3v) is 2.05. The third kappa shape index (κ3) is 6.02. The van der Waals surface area contributed by atoms with Gasteiger partial charge in [0.1, 0.15) is 0 Å². The summed E-state index contributed by atoms with van der Waals surface area (Å²) in [6, 6.07) is 0. The zero-order chi connectivity index (χ0) is 9.40. The van der Waals surface area contributed by atoms with Gasteiger partial charge in [0.05, 0.1) is 0 Å². The fraction of sp³-hybridized carbons (Fsp3) is 0.636. The minimum absolute atomic E-state index is 0.329. The van der Waals surface area contributed by atoms with Gasteiger partial charge in [-0.15, -0.1) is 0 Å². The molecule has 0 saturated heterocycles. The molecule has 0 saturated carbocycles. The van der Waals surface area contributed by atoms with Gasteiger partial charge in [0, 0.05) is 6.42 Å². The first kappa shape index (κ1) is 11.3. The maximum absolute atomic E-state index is 10.2. The molecule has 0 heterocycles. The van der Waals surface area contributed by atoms with Crippen molar-refractivity contribution in [3.8, 4) is 0 Å². The van der Waals surface area contributed by atoms with Gasteiger partial charge in [-0.3, -0.25) is 5.11 Å². The summed E-state index contributed by atoms with van der Waals surface area (Å²) < 4.78 is 0. The Morgan fingerprint density at radius 2 is 2.33 bits per heavy atom. The summed E-state index contributed by atoms with van der Waals surface area (Å²) >= 11 is 0. The number of allylic oxidation sites excluding steroid dienone is 4. The quantitative estimate of drug-likeness (QED) is 0.529. The third-order valence-electron chi connectivity index (χ3n) is 2.05. The molecule has 0 amide bonds. The molecule has 0 fully saturated rings. The first-order valence-corrected chi connectivity index (χ1v) is 4.68. The Morgan fingerprint density at radius 3 is 2.42 bits per heavy atom. The molecule has 12 heavy (non-hydrogen) atoms. The number of hydrogen-bond acceptors (Lipinski definition) is 0. The Balaban J connectivity index is 0.000000202. The van der Waals surface area contributed by atoms with Crippen LogP contribution in [0.1, 0.15) is 46.5 Å². The van der Waals surface area contributed by atoms with Crippen molar-refractivity contribution in [2.24, 2.45) is 0 Å². The summed E-state index contributed by atoms with van der Waals surface area (Å²) in [5.41, 5.74) is 1.47. The first-order chi connectivity index (χ1) is 5.70. The van der Waals surface area contributed by atoms with Crippen LogP contribution >= 0.6 is 0 Å². The van der Waals surface area contributed by atoms with Crippen molar-refractivity contribution >= 4 is 0 Å². The molecule has 1 rings (SSSR count). The molecule has 0 N–H and O–H groups in total. The lowest BCUT2D eigenvalue weighted by Gasteiger charge is -1.85. The van der Waals surface area contributed by atoms with Gasteiger partial charge in [-0.2, -0.15) is 0 Å². The maximum Gasteiger partial charge on any atom is 0.151 e. The van der Waals surface area contributed by atoms with Crippen LogP contribution in [0.5, 0.6) is 0 Å². The lowest BCUT2D eigenvalue weighted by molar-refractivity contribution is 0.287. The summed E-state index contributed by atoms with van der Waals surface area (Å²) in [4.78, 5) is 0. The van der Waals surface area contributed by atoms with Crippen molar-refractivity contribution in [2.75, 3.05) is 0 Å². The Labute approximate surface area is 75.8 Å². The highest BCUT2D eigenvalue weighted by atomic mass is 16.3. The zero-order valence-electron chi connectivity index (χ0n) is 8.39. The average Bonchev–Trinajstić information content (AvgIpc) is 2.55. The molecule has 69 valence electrons. The van der Waals surface area contributed by atoms with Gasteiger partial charge in [0.25, 0.3) is 0 Å². The smallest absolute Gasteiger partial charge is 0.151 e. The van der Waals surface area contributed by atoms with E-state index in [9.17, 15) is 5.11 Å². The number of rotatable bonds is 1. The SMILES string of the molecule is CC=C(C)CC.[O]C1=CCCC1. The molecule has 0 aromatic carbocycles. The van der Waals surface area contributed by atoms with Crippen molar-refractivity contribution in [1.82, 2.24) is 0 Å². The molecule has 0 unspecified atom stereocenters. The highest BCUT2D eigenvalue weighted by Gasteiger charge is 2.00. The van der Waals surface area contributed by atoms with Crippen molar-refractivity contribution in [2.45, 2.75) is 46.5 Å². The molecule has 0 bridgehead atoms. The molecule has 0 aliphatic heterocycles. The van der Waals surface area contributed by atoms with Gasteiger partial charge in [-0.25, -0.2) is 0 Å². The van der Waals surface area contributed by atoms with Crippen molar-refractivity contribution in [1.29, 1.82) is 0 Å². The normalized spacial score (nSPS) is 16.6. The fourth-order valence-electron chi connectivity index (χ4n) is 0.846. The van der Waals surface area contributed by atoms with Crippen LogP contribution < -0.4 is 0 Å². The zero-order valence-corrected chi connectivity index (χ0v) is 8.39. The van der Waals surface area contributed by atoms with E-state index in [-0.39, 0.29) is 0 Å². The molecule has 0 aromatic heterocycles. The lowest BCUT2D eigenvalue weighted by atomic mass is 10.2. The largest absolute Gasteiger partial charge is 0.295 e. The van der Waals surface area contributed by atoms with Crippen molar-refractivity contribution in [3.63, 3.8) is 0 Å². The van der Waals surface area contributed by atoms with Crippen LogP contribution in [-0.2, 0) is 5.11 Å². The molecule has 0 atom stereocenters. The van der Waals surface area contributed by atoms with E-state index in [1.54, 1.807) is 6.08 Å². The Morgan fingerprint density at radius 1 is 1.67 bits per heavy atom. The molecule has 1 nitrogen and oxygen atoms in total. The van der Waals surface area contributed by atoms with Gasteiger partial charge < -0.3 is 0 Å². The molecule has 1 radical (unpaired) electrons. The fourth-order valence-corrected chi connectivity index (χ4v) is 0.846. The predicted molar refractivity (Wildman–Crippen MR) is 52.3 cm³/mol. The molecule has 1 heteroatoms. The Bertz CT molecular complexity index is 166. The molecule has 0 spiro atoms. The van der Waals surface area contributed by atoms with E-state index in [0.717, 1.165) is 19.3 Å². The molecular formula is C11H19O. The van der Waals surface area contributed by atoms with Crippen molar-refractivity contribution in [3.05, 3.63) is 23.5 Å². The molecule has 1 aliphatic rings. The van der Waals surface area contributed by atoms with Gasteiger partial charge in [0.15, 0.2) is 5.76 Å². The van der Waals surface area contributed by atoms with Crippen LogP contribution in [0.4, 0.5) is 0 Å². The van der Waals surface area contributed by atoms with Gasteiger partial charge in [0.2, 0.25) is 0 Å². The maximum atomic E-state index is 10.2. The predicted octanol–water partition coefficient (Wildman–Crippen LogP) is 3.85. The van der Waals surface area contributed by atoms with Gasteiger partial charge in [-0.1, -0.05) is 18.6 Å². The van der Waals surface area contributed by atoms with E-state index in [4.69, 9.17) is 0 Å². The average molecular weight is 167 g/mol. The van der Waals surface area contributed by atoms with E-state index < -0.39 is 0 Å². The van der Waals surface area contributed by atoms with E-state index in [0.29, 0.717) is 5.76 Å². The second-order valence-electron chi connectivity index (χ2n) is 3.05. The summed E-state index contributed by atoms with van der Waals surface area (Å²) in [6.45, 7) is 6.37. The topological polar surface area (TPSA) is 19.9 Å². The number of hydrogen-bond donors (Lipinski definition) is 0. The Hall–Kier alpha value is -0.720. The summed E-state index contributed by atoms with van der Waals surface area (Å²) in [5, 5.41) is 10.2. The summed E-state index contributed by atoms with van der Waals surface area (Å²) in [6.07, 6.45) is 7.98. The summed E-state index contributed by atoms with van der Waals surface area (Å²) in [7, 11) is 0. The van der Waals surface area contributed by atoms with Gasteiger partial charge >= 0.3 is 0 Å². The Kier molecular flexibility index (Phi) is 6.54. The highest BCUT2D eigenvalue weighted by molar-refractivity contribution is 4.96. The van der Waals surface area contributed by atoms with E-state index in [2.05, 4.69) is 26.8 Å². The standard InChI is InChI=1S/C6H12.C5H7O/c1-4-6(3)5-2;6-5-3-1-2-4-5/h4H,5H2,1-3H3;3H,1-2,4H2. The van der Waals surface area contributed by atoms with Crippen LogP contribution in [0.3, 0.4) is 0 Å². The monoisotopic (exact) mass is 167 g/mol. The minimum atomic E-state index is 0.329. The summed E-state index contributed by atoms with van der Waals surface area (Å²) in [5.74, 6) is 0.329. The lowest BCUT2D eigenvalue weighted by Crippen LogP contribution is -1.63. The first-order valence-electron chi connectivity index (χ1n) is 4.68. The van der Waals surface area contributed by atoms with E-state index in [1.807, 2.05) is 0 Å². The second kappa shape index (κ2) is 6.96. The highest BCUT2D eigenvalue weighted by Crippen LogP contribution is 2.13. The van der Waals surface area contributed by atoms with Gasteiger partial charge in [-0.05, 0) is 39.2 Å². The van der Waals surface area contributed by atoms with Crippen LogP contribution in [0.25, 0.3) is 0 Å². The van der Waals surface area contributed by atoms with Crippen LogP contribution in [0, 0.1) is 0 Å². The molecular weight excluding hydrogens is 148 g/mol. The van der Waals surface area contributed by atoms with Crippen LogP contribution in [0.15, 0.2) is 23.5 Å². The van der Waals surface area contributed by atoms with E-state index in [1.165, 1.54) is 12.0 Å². The molecule has 0 aromatic rings. The second-order valence-corrected chi connectivity index (χ2v) is 3.05. The minimum Gasteiger partial charge on any atom is -0.295 e. The molecule has 1 aliphatic carbocycles. The van der Waals surface area contributed by atoms with E-state index >= 15 is 0 Å². The van der Waals surface area contributed by atoms with Crippen LogP contribution in [-0.4, -0.2) is 0 Å².